The lowest BCUT2D eigenvalue weighted by atomic mass is 10.00. The van der Waals surface area contributed by atoms with E-state index in [1.54, 1.807) is 12.1 Å². The first-order valence-electron chi connectivity index (χ1n) is 6.21. The molecule has 0 saturated heterocycles. The van der Waals surface area contributed by atoms with Gasteiger partial charge in [-0.25, -0.2) is 4.39 Å². The first-order valence-corrected chi connectivity index (χ1v) is 6.21. The van der Waals surface area contributed by atoms with E-state index in [-0.39, 0.29) is 5.82 Å². The molecule has 0 fully saturated rings. The van der Waals surface area contributed by atoms with E-state index in [2.05, 4.69) is 19.9 Å². The lowest BCUT2D eigenvalue weighted by Crippen LogP contribution is -2.03. The van der Waals surface area contributed by atoms with Crippen molar-refractivity contribution in [2.45, 2.75) is 33.6 Å². The summed E-state index contributed by atoms with van der Waals surface area (Å²) in [6, 6.07) is 4.75. The Hall–Kier alpha value is -1.31. The van der Waals surface area contributed by atoms with Gasteiger partial charge in [0.2, 0.25) is 0 Å². The first-order chi connectivity index (χ1) is 8.17. The van der Waals surface area contributed by atoms with Gasteiger partial charge in [0.05, 0.1) is 6.61 Å². The largest absolute Gasteiger partial charge is 0.493 e. The molecule has 0 bridgehead atoms. The van der Waals surface area contributed by atoms with Crippen molar-refractivity contribution in [1.82, 2.24) is 0 Å². The van der Waals surface area contributed by atoms with E-state index in [0.29, 0.717) is 12.5 Å². The predicted molar refractivity (Wildman–Crippen MR) is 69.9 cm³/mol. The number of ether oxygens (including phenoxy) is 1. The highest BCUT2D eigenvalue weighted by Gasteiger charge is 2.08. The van der Waals surface area contributed by atoms with Crippen molar-refractivity contribution in [3.05, 3.63) is 41.7 Å². The van der Waals surface area contributed by atoms with Gasteiger partial charge >= 0.3 is 0 Å². The minimum absolute atomic E-state index is 0.198. The molecule has 0 radical (unpaired) electrons. The van der Waals surface area contributed by atoms with Crippen LogP contribution in [0.1, 0.15) is 32.8 Å². The molecular formula is C15H21FO. The average Bonchev–Trinajstić information content (AvgIpc) is 2.28. The Morgan fingerprint density at radius 1 is 1.41 bits per heavy atom. The fourth-order valence-corrected chi connectivity index (χ4v) is 1.80. The Balaban J connectivity index is 2.82. The molecule has 0 aliphatic rings. The van der Waals surface area contributed by atoms with Crippen molar-refractivity contribution >= 4 is 0 Å². The predicted octanol–water partition coefficient (Wildman–Crippen LogP) is 4.37. The lowest BCUT2D eigenvalue weighted by Gasteiger charge is -2.13. The standard InChI is InChI=1S/C15H21FO/c1-4-6-12(3)10-13-11-14(16)7-8-15(13)17-9-5-2/h4,6-8,11-12H,5,9-10H2,1-3H3/b6-4-. The van der Waals surface area contributed by atoms with Crippen molar-refractivity contribution in [3.8, 4) is 5.75 Å². The van der Waals surface area contributed by atoms with E-state index >= 15 is 0 Å². The monoisotopic (exact) mass is 236 g/mol. The number of hydrogen-bond donors (Lipinski definition) is 0. The van der Waals surface area contributed by atoms with Crippen LogP contribution in [-0.2, 0) is 6.42 Å². The number of halogens is 1. The fourth-order valence-electron chi connectivity index (χ4n) is 1.80. The molecule has 1 aromatic rings. The minimum Gasteiger partial charge on any atom is -0.493 e. The summed E-state index contributed by atoms with van der Waals surface area (Å²) in [5, 5.41) is 0. The third-order valence-electron chi connectivity index (χ3n) is 2.55. The van der Waals surface area contributed by atoms with Gasteiger partial charge in [0.15, 0.2) is 0 Å². The zero-order valence-corrected chi connectivity index (χ0v) is 10.9. The van der Waals surface area contributed by atoms with E-state index in [1.165, 1.54) is 6.07 Å². The summed E-state index contributed by atoms with van der Waals surface area (Å²) in [6.07, 6.45) is 5.91. The molecule has 0 aliphatic heterocycles. The first kappa shape index (κ1) is 13.8. The highest BCUT2D eigenvalue weighted by atomic mass is 19.1. The van der Waals surface area contributed by atoms with E-state index in [0.717, 1.165) is 24.2 Å². The van der Waals surface area contributed by atoms with Gasteiger partial charge in [-0.05, 0) is 49.4 Å². The summed E-state index contributed by atoms with van der Waals surface area (Å²) in [5.41, 5.74) is 0.948. The van der Waals surface area contributed by atoms with Gasteiger partial charge in [0.1, 0.15) is 11.6 Å². The van der Waals surface area contributed by atoms with Crippen LogP contribution in [0.5, 0.6) is 5.75 Å². The molecule has 0 amide bonds. The second-order valence-electron chi connectivity index (χ2n) is 4.31. The van der Waals surface area contributed by atoms with Gasteiger partial charge in [-0.15, -0.1) is 0 Å². The molecule has 1 atom stereocenters. The SMILES string of the molecule is C/C=C\C(C)Cc1cc(F)ccc1OCCC. The Morgan fingerprint density at radius 2 is 2.18 bits per heavy atom. The van der Waals surface area contributed by atoms with Crippen LogP contribution >= 0.6 is 0 Å². The van der Waals surface area contributed by atoms with Crippen LogP contribution in [0, 0.1) is 11.7 Å². The summed E-state index contributed by atoms with van der Waals surface area (Å²) in [7, 11) is 0. The van der Waals surface area contributed by atoms with Gasteiger partial charge in [-0.2, -0.15) is 0 Å². The zero-order chi connectivity index (χ0) is 12.7. The summed E-state index contributed by atoms with van der Waals surface area (Å²) < 4.78 is 18.9. The smallest absolute Gasteiger partial charge is 0.123 e. The molecule has 94 valence electrons. The maximum Gasteiger partial charge on any atom is 0.123 e. The second kappa shape index (κ2) is 7.10. The maximum atomic E-state index is 13.2. The topological polar surface area (TPSA) is 9.23 Å². The summed E-state index contributed by atoms with van der Waals surface area (Å²) in [6.45, 7) is 6.85. The van der Waals surface area contributed by atoms with Crippen LogP contribution in [0.2, 0.25) is 0 Å². The molecule has 2 heteroatoms. The molecule has 0 aliphatic carbocycles. The number of allylic oxidation sites excluding steroid dienone is 2. The maximum absolute atomic E-state index is 13.2. The van der Waals surface area contributed by atoms with Crippen LogP contribution in [0.15, 0.2) is 30.4 Å². The van der Waals surface area contributed by atoms with Crippen LogP contribution in [-0.4, -0.2) is 6.61 Å². The summed E-state index contributed by atoms with van der Waals surface area (Å²) in [5.74, 6) is 1.01. The van der Waals surface area contributed by atoms with Gasteiger partial charge in [-0.3, -0.25) is 0 Å². The molecule has 0 aromatic heterocycles. The van der Waals surface area contributed by atoms with Crippen LogP contribution in [0.25, 0.3) is 0 Å². The van der Waals surface area contributed by atoms with Gasteiger partial charge < -0.3 is 4.74 Å². The van der Waals surface area contributed by atoms with Crippen molar-refractivity contribution < 1.29 is 9.13 Å². The third-order valence-corrected chi connectivity index (χ3v) is 2.55. The molecule has 1 unspecified atom stereocenters. The molecule has 17 heavy (non-hydrogen) atoms. The van der Waals surface area contributed by atoms with E-state index in [4.69, 9.17) is 4.74 Å². The molecule has 0 N–H and O–H groups in total. The van der Waals surface area contributed by atoms with Crippen molar-refractivity contribution in [2.75, 3.05) is 6.61 Å². The molecule has 0 heterocycles. The van der Waals surface area contributed by atoms with Crippen molar-refractivity contribution in [3.63, 3.8) is 0 Å². The Kier molecular flexibility index (Phi) is 5.75. The van der Waals surface area contributed by atoms with E-state index in [9.17, 15) is 4.39 Å². The number of rotatable bonds is 6. The summed E-state index contributed by atoms with van der Waals surface area (Å²) >= 11 is 0. The fraction of sp³-hybridized carbons (Fsp3) is 0.467. The average molecular weight is 236 g/mol. The Morgan fingerprint density at radius 3 is 2.82 bits per heavy atom. The quantitative estimate of drug-likeness (QED) is 0.666. The normalized spacial score (nSPS) is 12.9. The molecule has 1 aromatic carbocycles. The van der Waals surface area contributed by atoms with E-state index in [1.807, 2.05) is 13.0 Å². The number of hydrogen-bond acceptors (Lipinski definition) is 1. The molecule has 0 saturated carbocycles. The highest BCUT2D eigenvalue weighted by Crippen LogP contribution is 2.23. The van der Waals surface area contributed by atoms with Crippen LogP contribution < -0.4 is 4.74 Å². The summed E-state index contributed by atoms with van der Waals surface area (Å²) in [4.78, 5) is 0. The molecule has 1 nitrogen and oxygen atoms in total. The van der Waals surface area contributed by atoms with Gasteiger partial charge in [0, 0.05) is 0 Å². The van der Waals surface area contributed by atoms with Gasteiger partial charge in [-0.1, -0.05) is 26.0 Å². The second-order valence-corrected chi connectivity index (χ2v) is 4.31. The lowest BCUT2D eigenvalue weighted by molar-refractivity contribution is 0.312. The zero-order valence-electron chi connectivity index (χ0n) is 10.9. The Labute approximate surface area is 103 Å². The highest BCUT2D eigenvalue weighted by molar-refractivity contribution is 5.34. The molecule has 1 rings (SSSR count). The van der Waals surface area contributed by atoms with Crippen LogP contribution in [0.4, 0.5) is 4.39 Å². The Bertz CT molecular complexity index is 371. The van der Waals surface area contributed by atoms with E-state index < -0.39 is 0 Å². The molecule has 0 spiro atoms. The molecular weight excluding hydrogens is 215 g/mol. The van der Waals surface area contributed by atoms with Crippen molar-refractivity contribution in [2.24, 2.45) is 5.92 Å². The minimum atomic E-state index is -0.198. The number of benzene rings is 1. The van der Waals surface area contributed by atoms with Crippen molar-refractivity contribution in [1.29, 1.82) is 0 Å². The third kappa shape index (κ3) is 4.59. The van der Waals surface area contributed by atoms with Gasteiger partial charge in [0.25, 0.3) is 0 Å². The van der Waals surface area contributed by atoms with Crippen LogP contribution in [0.3, 0.4) is 0 Å².